The number of hydrogen-bond donors (Lipinski definition) is 1. The van der Waals surface area contributed by atoms with Gasteiger partial charge in [-0.15, -0.1) is 0 Å². The number of nitrogens with two attached hydrogens (primary N) is 1. The first-order chi connectivity index (χ1) is 8.49. The number of nitrogen functional groups attached to an aromatic ring is 1. The first-order valence-corrected chi connectivity index (χ1v) is 7.79. The molecular weight excluding hydrogens is 316 g/mol. The number of rotatable bonds is 4. The molecule has 1 amide bonds. The summed E-state index contributed by atoms with van der Waals surface area (Å²) in [6.45, 7) is 0. The van der Waals surface area contributed by atoms with Gasteiger partial charge in [0.05, 0.1) is 15.7 Å². The SMILES string of the molecule is CN(C(=O)CS(=O)c1ccc(Br)cc1N)C1CC1. The number of hydrogen-bond acceptors (Lipinski definition) is 3. The van der Waals surface area contributed by atoms with Crippen molar-refractivity contribution in [3.8, 4) is 0 Å². The van der Waals surface area contributed by atoms with Gasteiger partial charge in [-0.05, 0) is 31.0 Å². The lowest BCUT2D eigenvalue weighted by Gasteiger charge is -2.16. The molecule has 0 heterocycles. The van der Waals surface area contributed by atoms with Crippen LogP contribution in [0.4, 0.5) is 5.69 Å². The molecule has 1 atom stereocenters. The molecule has 1 unspecified atom stereocenters. The summed E-state index contributed by atoms with van der Waals surface area (Å²) in [5, 5.41) is 0. The van der Waals surface area contributed by atoms with Crippen LogP contribution in [0, 0.1) is 0 Å². The van der Waals surface area contributed by atoms with Gasteiger partial charge >= 0.3 is 0 Å². The fourth-order valence-corrected chi connectivity index (χ4v) is 3.19. The summed E-state index contributed by atoms with van der Waals surface area (Å²) in [6, 6.07) is 5.51. The van der Waals surface area contributed by atoms with Crippen LogP contribution in [-0.4, -0.2) is 33.9 Å². The van der Waals surface area contributed by atoms with Gasteiger partial charge in [0.2, 0.25) is 5.91 Å². The summed E-state index contributed by atoms with van der Waals surface area (Å²) in [6.07, 6.45) is 2.10. The van der Waals surface area contributed by atoms with Gasteiger partial charge < -0.3 is 10.6 Å². The van der Waals surface area contributed by atoms with E-state index in [0.29, 0.717) is 16.6 Å². The van der Waals surface area contributed by atoms with Crippen LogP contribution in [0.25, 0.3) is 0 Å². The normalized spacial score (nSPS) is 16.3. The van der Waals surface area contributed by atoms with Crippen molar-refractivity contribution >= 4 is 38.3 Å². The second-order valence-electron chi connectivity index (χ2n) is 4.41. The molecule has 18 heavy (non-hydrogen) atoms. The Labute approximate surface area is 117 Å². The summed E-state index contributed by atoms with van der Waals surface area (Å²) in [7, 11) is 0.386. The molecule has 1 saturated carbocycles. The second kappa shape index (κ2) is 5.40. The zero-order chi connectivity index (χ0) is 13.3. The lowest BCUT2D eigenvalue weighted by molar-refractivity contribution is -0.127. The Hall–Kier alpha value is -0.880. The molecule has 6 heteroatoms. The molecule has 0 aromatic heterocycles. The monoisotopic (exact) mass is 330 g/mol. The minimum absolute atomic E-state index is 0.00116. The predicted octanol–water partition coefficient (Wildman–Crippen LogP) is 1.76. The van der Waals surface area contributed by atoms with Crippen molar-refractivity contribution in [2.24, 2.45) is 0 Å². The van der Waals surface area contributed by atoms with E-state index in [0.717, 1.165) is 17.3 Å². The van der Waals surface area contributed by atoms with E-state index in [1.165, 1.54) is 0 Å². The van der Waals surface area contributed by atoms with Crippen molar-refractivity contribution in [2.45, 2.75) is 23.8 Å². The third-order valence-corrected chi connectivity index (χ3v) is 4.82. The maximum absolute atomic E-state index is 12.1. The molecular formula is C12H15BrN2O2S. The van der Waals surface area contributed by atoms with Gasteiger partial charge in [0, 0.05) is 23.2 Å². The average molecular weight is 331 g/mol. The number of carbonyl (C=O) groups excluding carboxylic acids is 1. The second-order valence-corrected chi connectivity index (χ2v) is 6.74. The van der Waals surface area contributed by atoms with Crippen molar-refractivity contribution in [1.29, 1.82) is 0 Å². The van der Waals surface area contributed by atoms with Crippen molar-refractivity contribution in [3.63, 3.8) is 0 Å². The highest BCUT2D eigenvalue weighted by atomic mass is 79.9. The van der Waals surface area contributed by atoms with E-state index in [-0.39, 0.29) is 11.7 Å². The van der Waals surface area contributed by atoms with E-state index >= 15 is 0 Å². The van der Waals surface area contributed by atoms with Crippen molar-refractivity contribution in [1.82, 2.24) is 4.90 Å². The molecule has 2 rings (SSSR count). The van der Waals surface area contributed by atoms with Crippen LogP contribution < -0.4 is 5.73 Å². The van der Waals surface area contributed by atoms with Gasteiger partial charge in [-0.3, -0.25) is 9.00 Å². The van der Waals surface area contributed by atoms with Gasteiger partial charge in [-0.2, -0.15) is 0 Å². The van der Waals surface area contributed by atoms with Gasteiger partial charge in [-0.25, -0.2) is 0 Å². The fraction of sp³-hybridized carbons (Fsp3) is 0.417. The van der Waals surface area contributed by atoms with Crippen LogP contribution >= 0.6 is 15.9 Å². The molecule has 1 aromatic rings. The summed E-state index contributed by atoms with van der Waals surface area (Å²) < 4.78 is 12.9. The molecule has 1 fully saturated rings. The molecule has 4 nitrogen and oxygen atoms in total. The zero-order valence-electron chi connectivity index (χ0n) is 10.1. The van der Waals surface area contributed by atoms with Crippen molar-refractivity contribution in [3.05, 3.63) is 22.7 Å². The van der Waals surface area contributed by atoms with E-state index < -0.39 is 10.8 Å². The Bertz CT molecular complexity index is 503. The van der Waals surface area contributed by atoms with Crippen LogP contribution in [0.2, 0.25) is 0 Å². The Morgan fingerprint density at radius 3 is 2.78 bits per heavy atom. The highest BCUT2D eigenvalue weighted by molar-refractivity contribution is 9.10. The Morgan fingerprint density at radius 2 is 2.22 bits per heavy atom. The largest absolute Gasteiger partial charge is 0.398 e. The van der Waals surface area contributed by atoms with E-state index in [9.17, 15) is 9.00 Å². The summed E-state index contributed by atoms with van der Waals surface area (Å²) in [4.78, 5) is 14.1. The molecule has 0 bridgehead atoms. The first kappa shape index (κ1) is 13.5. The molecule has 0 radical (unpaired) electrons. The van der Waals surface area contributed by atoms with E-state index in [1.54, 1.807) is 30.1 Å². The smallest absolute Gasteiger partial charge is 0.235 e. The summed E-state index contributed by atoms with van der Waals surface area (Å²) in [5.74, 6) is -0.0862. The highest BCUT2D eigenvalue weighted by Crippen LogP contribution is 2.26. The standard InChI is InChI=1S/C12H15BrN2O2S/c1-15(9-3-4-9)12(16)7-18(17)11-5-2-8(13)6-10(11)14/h2,5-6,9H,3-4,7,14H2,1H3. The topological polar surface area (TPSA) is 63.4 Å². The Morgan fingerprint density at radius 1 is 1.56 bits per heavy atom. The molecule has 0 spiro atoms. The predicted molar refractivity (Wildman–Crippen MR) is 75.6 cm³/mol. The Kier molecular flexibility index (Phi) is 4.07. The molecule has 1 aliphatic carbocycles. The molecule has 2 N–H and O–H groups in total. The molecule has 0 saturated heterocycles. The third kappa shape index (κ3) is 3.11. The lowest BCUT2D eigenvalue weighted by atomic mass is 10.3. The van der Waals surface area contributed by atoms with Gasteiger partial charge in [-0.1, -0.05) is 15.9 Å². The fourth-order valence-electron chi connectivity index (χ4n) is 1.68. The summed E-state index contributed by atoms with van der Waals surface area (Å²) in [5.41, 5.74) is 6.25. The van der Waals surface area contributed by atoms with E-state index in [1.807, 2.05) is 0 Å². The summed E-state index contributed by atoms with van der Waals surface area (Å²) >= 11 is 3.29. The molecule has 0 aliphatic heterocycles. The number of benzene rings is 1. The number of carbonyl (C=O) groups is 1. The van der Waals surface area contributed by atoms with Gasteiger partial charge in [0.1, 0.15) is 5.75 Å². The highest BCUT2D eigenvalue weighted by Gasteiger charge is 2.30. The minimum atomic E-state index is -1.38. The molecule has 1 aromatic carbocycles. The van der Waals surface area contributed by atoms with Crippen LogP contribution in [0.15, 0.2) is 27.6 Å². The lowest BCUT2D eigenvalue weighted by Crippen LogP contribution is -2.32. The van der Waals surface area contributed by atoms with E-state index in [4.69, 9.17) is 5.73 Å². The van der Waals surface area contributed by atoms with Crippen LogP contribution in [0.5, 0.6) is 0 Å². The Balaban J connectivity index is 2.04. The molecule has 1 aliphatic rings. The average Bonchev–Trinajstić information content (AvgIpc) is 3.11. The van der Waals surface area contributed by atoms with Gasteiger partial charge in [0.25, 0.3) is 0 Å². The quantitative estimate of drug-likeness (QED) is 0.855. The number of anilines is 1. The maximum atomic E-state index is 12.1. The molecule has 98 valence electrons. The van der Waals surface area contributed by atoms with Gasteiger partial charge in [0.15, 0.2) is 0 Å². The van der Waals surface area contributed by atoms with Crippen molar-refractivity contribution < 1.29 is 9.00 Å². The zero-order valence-corrected chi connectivity index (χ0v) is 12.5. The number of halogens is 1. The maximum Gasteiger partial charge on any atom is 0.235 e. The minimum Gasteiger partial charge on any atom is -0.398 e. The van der Waals surface area contributed by atoms with Crippen LogP contribution in [0.3, 0.4) is 0 Å². The third-order valence-electron chi connectivity index (χ3n) is 2.96. The number of nitrogens with zero attached hydrogens (tertiary/aromatic N) is 1. The van der Waals surface area contributed by atoms with Crippen LogP contribution in [0.1, 0.15) is 12.8 Å². The van der Waals surface area contributed by atoms with Crippen LogP contribution in [-0.2, 0) is 15.6 Å². The van der Waals surface area contributed by atoms with E-state index in [2.05, 4.69) is 15.9 Å². The van der Waals surface area contributed by atoms with Crippen molar-refractivity contribution in [2.75, 3.05) is 18.5 Å². The number of amides is 1. The first-order valence-electron chi connectivity index (χ1n) is 5.68.